The third kappa shape index (κ3) is 2.63. The first-order chi connectivity index (χ1) is 10.7. The van der Waals surface area contributed by atoms with Gasteiger partial charge in [0.1, 0.15) is 5.01 Å². The highest BCUT2D eigenvalue weighted by Gasteiger charge is 2.49. The maximum absolute atomic E-state index is 12.0. The minimum absolute atomic E-state index is 0.0922. The van der Waals surface area contributed by atoms with Crippen molar-refractivity contribution in [3.05, 3.63) is 35.1 Å². The van der Waals surface area contributed by atoms with Gasteiger partial charge in [0.05, 0.1) is 6.42 Å². The predicted octanol–water partition coefficient (Wildman–Crippen LogP) is 3.16. The number of rotatable bonds is 4. The Morgan fingerprint density at radius 1 is 1.32 bits per heavy atom. The minimum Gasteiger partial charge on any atom is -0.300 e. The van der Waals surface area contributed by atoms with Crippen molar-refractivity contribution in [2.24, 2.45) is 5.41 Å². The number of amides is 1. The number of carbonyl (C=O) groups excluding carboxylic acids is 1. The molecule has 0 aromatic carbocycles. The number of anilines is 1. The van der Waals surface area contributed by atoms with E-state index in [2.05, 4.69) is 20.5 Å². The number of pyridine rings is 1. The van der Waals surface area contributed by atoms with Crippen LogP contribution in [0, 0.1) is 5.41 Å². The molecule has 2 aromatic heterocycles. The van der Waals surface area contributed by atoms with E-state index in [9.17, 15) is 4.79 Å². The van der Waals surface area contributed by atoms with Gasteiger partial charge in [0.2, 0.25) is 11.0 Å². The van der Waals surface area contributed by atoms with E-state index < -0.39 is 0 Å². The van der Waals surface area contributed by atoms with Gasteiger partial charge < -0.3 is 5.32 Å². The van der Waals surface area contributed by atoms with E-state index in [1.165, 1.54) is 43.4 Å². The van der Waals surface area contributed by atoms with Crippen LogP contribution < -0.4 is 5.32 Å². The SMILES string of the molecule is O=C(Cc1ccccn1)Nc1nnc(C2CC3(CCC3)C2)s1. The summed E-state index contributed by atoms with van der Waals surface area (Å²) >= 11 is 1.52. The van der Waals surface area contributed by atoms with E-state index in [4.69, 9.17) is 0 Å². The van der Waals surface area contributed by atoms with Gasteiger partial charge >= 0.3 is 0 Å². The third-order valence-electron chi connectivity index (χ3n) is 4.88. The predicted molar refractivity (Wildman–Crippen MR) is 84.7 cm³/mol. The first kappa shape index (κ1) is 13.8. The Kier molecular flexibility index (Phi) is 3.41. The molecule has 2 aromatic rings. The summed E-state index contributed by atoms with van der Waals surface area (Å²) in [5.41, 5.74) is 1.40. The van der Waals surface area contributed by atoms with E-state index in [1.807, 2.05) is 18.2 Å². The van der Waals surface area contributed by atoms with Crippen molar-refractivity contribution in [3.8, 4) is 0 Å². The molecule has 22 heavy (non-hydrogen) atoms. The number of hydrogen-bond donors (Lipinski definition) is 1. The summed E-state index contributed by atoms with van der Waals surface area (Å²) in [6.45, 7) is 0. The molecule has 0 bridgehead atoms. The van der Waals surface area contributed by atoms with Crippen LogP contribution in [0.5, 0.6) is 0 Å². The number of aromatic nitrogens is 3. The molecule has 0 radical (unpaired) electrons. The van der Waals surface area contributed by atoms with Gasteiger partial charge in [-0.1, -0.05) is 23.8 Å². The second-order valence-electron chi connectivity index (χ2n) is 6.45. The number of hydrogen-bond acceptors (Lipinski definition) is 5. The van der Waals surface area contributed by atoms with E-state index in [1.54, 1.807) is 6.20 Å². The molecule has 5 nitrogen and oxygen atoms in total. The minimum atomic E-state index is -0.0922. The zero-order chi connectivity index (χ0) is 15.0. The third-order valence-corrected chi connectivity index (χ3v) is 5.88. The molecule has 1 spiro atoms. The molecule has 2 aliphatic carbocycles. The maximum atomic E-state index is 12.0. The summed E-state index contributed by atoms with van der Waals surface area (Å²) in [7, 11) is 0. The van der Waals surface area contributed by atoms with E-state index >= 15 is 0 Å². The molecule has 4 rings (SSSR count). The molecule has 2 aliphatic rings. The lowest BCUT2D eigenvalue weighted by Gasteiger charge is -2.53. The monoisotopic (exact) mass is 314 g/mol. The fourth-order valence-electron chi connectivity index (χ4n) is 3.53. The van der Waals surface area contributed by atoms with Crippen molar-refractivity contribution in [3.63, 3.8) is 0 Å². The Morgan fingerprint density at radius 2 is 2.18 bits per heavy atom. The Balaban J connectivity index is 1.33. The average molecular weight is 314 g/mol. The van der Waals surface area contributed by atoms with Crippen molar-refractivity contribution < 1.29 is 4.79 Å². The summed E-state index contributed by atoms with van der Waals surface area (Å²) in [5.74, 6) is 0.463. The lowest BCUT2D eigenvalue weighted by Crippen LogP contribution is -2.41. The van der Waals surface area contributed by atoms with Crippen LogP contribution in [-0.2, 0) is 11.2 Å². The molecule has 114 valence electrons. The van der Waals surface area contributed by atoms with Crippen LogP contribution in [0.15, 0.2) is 24.4 Å². The van der Waals surface area contributed by atoms with Gasteiger partial charge in [-0.15, -0.1) is 10.2 Å². The van der Waals surface area contributed by atoms with Crippen molar-refractivity contribution >= 4 is 22.4 Å². The molecule has 1 N–H and O–H groups in total. The molecule has 0 unspecified atom stereocenters. The quantitative estimate of drug-likeness (QED) is 0.941. The lowest BCUT2D eigenvalue weighted by molar-refractivity contribution is -0.115. The topological polar surface area (TPSA) is 67.8 Å². The largest absolute Gasteiger partial charge is 0.300 e. The Labute approximate surface area is 133 Å². The van der Waals surface area contributed by atoms with Crippen LogP contribution in [-0.4, -0.2) is 21.1 Å². The Bertz CT molecular complexity index is 672. The van der Waals surface area contributed by atoms with Gasteiger partial charge in [-0.3, -0.25) is 9.78 Å². The summed E-state index contributed by atoms with van der Waals surface area (Å²) in [4.78, 5) is 16.1. The summed E-state index contributed by atoms with van der Waals surface area (Å²) in [6, 6.07) is 5.56. The van der Waals surface area contributed by atoms with Gasteiger partial charge in [-0.25, -0.2) is 0 Å². The number of nitrogens with one attached hydrogen (secondary N) is 1. The molecule has 0 atom stereocenters. The van der Waals surface area contributed by atoms with E-state index in [0.717, 1.165) is 10.7 Å². The molecule has 0 aliphatic heterocycles. The highest BCUT2D eigenvalue weighted by atomic mass is 32.1. The summed E-state index contributed by atoms with van der Waals surface area (Å²) in [5, 5.41) is 12.9. The lowest BCUT2D eigenvalue weighted by atomic mass is 9.52. The highest BCUT2D eigenvalue weighted by molar-refractivity contribution is 7.15. The standard InChI is InChI=1S/C16H18N4OS/c21-13(8-12-4-1-2-7-17-12)18-15-20-19-14(22-15)11-9-16(10-11)5-3-6-16/h1-2,4,7,11H,3,5-6,8-10H2,(H,18,20,21). The van der Waals surface area contributed by atoms with Crippen molar-refractivity contribution in [1.29, 1.82) is 0 Å². The van der Waals surface area contributed by atoms with E-state index in [-0.39, 0.29) is 12.3 Å². The molecular weight excluding hydrogens is 296 g/mol. The fourth-order valence-corrected chi connectivity index (χ4v) is 4.39. The molecule has 2 fully saturated rings. The number of nitrogens with zero attached hydrogens (tertiary/aromatic N) is 3. The maximum Gasteiger partial charge on any atom is 0.232 e. The average Bonchev–Trinajstić information content (AvgIpc) is 2.84. The molecular formula is C16H18N4OS. The van der Waals surface area contributed by atoms with Crippen molar-refractivity contribution in [2.75, 3.05) is 5.32 Å². The van der Waals surface area contributed by atoms with Crippen LogP contribution >= 0.6 is 11.3 Å². The first-order valence-corrected chi connectivity index (χ1v) is 8.57. The zero-order valence-electron chi connectivity index (χ0n) is 12.3. The first-order valence-electron chi connectivity index (χ1n) is 7.76. The molecule has 2 saturated carbocycles. The molecule has 2 heterocycles. The van der Waals surface area contributed by atoms with Gasteiger partial charge in [0.15, 0.2) is 0 Å². The second-order valence-corrected chi connectivity index (χ2v) is 7.46. The second kappa shape index (κ2) is 5.43. The van der Waals surface area contributed by atoms with Crippen LogP contribution in [0.4, 0.5) is 5.13 Å². The number of carbonyl (C=O) groups is 1. The molecule has 1 amide bonds. The highest BCUT2D eigenvalue weighted by Crippen LogP contribution is 2.62. The van der Waals surface area contributed by atoms with Crippen LogP contribution in [0.25, 0.3) is 0 Å². The smallest absolute Gasteiger partial charge is 0.232 e. The fraction of sp³-hybridized carbons (Fsp3) is 0.500. The van der Waals surface area contributed by atoms with Gasteiger partial charge in [-0.2, -0.15) is 0 Å². The van der Waals surface area contributed by atoms with Gasteiger partial charge in [-0.05, 0) is 43.2 Å². The molecule has 6 heteroatoms. The van der Waals surface area contributed by atoms with Crippen LogP contribution in [0.3, 0.4) is 0 Å². The summed E-state index contributed by atoms with van der Waals surface area (Å²) in [6.07, 6.45) is 8.62. The van der Waals surface area contributed by atoms with Gasteiger partial charge in [0, 0.05) is 17.8 Å². The van der Waals surface area contributed by atoms with Crippen LogP contribution in [0.1, 0.15) is 48.7 Å². The summed E-state index contributed by atoms with van der Waals surface area (Å²) < 4.78 is 0. The zero-order valence-corrected chi connectivity index (χ0v) is 13.1. The molecule has 0 saturated heterocycles. The van der Waals surface area contributed by atoms with Crippen molar-refractivity contribution in [1.82, 2.24) is 15.2 Å². The normalized spacial score (nSPS) is 19.5. The van der Waals surface area contributed by atoms with Gasteiger partial charge in [0.25, 0.3) is 0 Å². The Hall–Kier alpha value is -1.82. The van der Waals surface area contributed by atoms with Crippen LogP contribution in [0.2, 0.25) is 0 Å². The van der Waals surface area contributed by atoms with Crippen molar-refractivity contribution in [2.45, 2.75) is 44.4 Å². The Morgan fingerprint density at radius 3 is 2.86 bits per heavy atom. The van der Waals surface area contributed by atoms with E-state index in [0.29, 0.717) is 16.5 Å².